The standard InChI is InChI=1S/C27H32FN5O3/c1-26(2)13-21(34)33(25(29)32-26)22(15-7-6-10-30-14-15)17-11-18(17)24(35)31-20-12-27(3,4)36-23-16(20)8-5-9-19(23)28/h5-10,14,17-18,20,22H,11-13H2,1-4H3,(H2,29,32)(H,31,35)/t17-,18-,20?,22+/m0/s1. The lowest BCUT2D eigenvalue weighted by Crippen LogP contribution is -2.52. The summed E-state index contributed by atoms with van der Waals surface area (Å²) in [5.74, 6) is -0.824. The van der Waals surface area contributed by atoms with Crippen LogP contribution in [0.4, 0.5) is 4.39 Å². The Morgan fingerprint density at radius 1 is 1.25 bits per heavy atom. The lowest BCUT2D eigenvalue weighted by atomic mass is 9.89. The Labute approximate surface area is 210 Å². The van der Waals surface area contributed by atoms with Crippen molar-refractivity contribution in [1.82, 2.24) is 15.2 Å². The van der Waals surface area contributed by atoms with Crippen LogP contribution in [0.25, 0.3) is 0 Å². The smallest absolute Gasteiger partial charge is 0.232 e. The first-order valence-corrected chi connectivity index (χ1v) is 12.3. The molecule has 3 heterocycles. The summed E-state index contributed by atoms with van der Waals surface area (Å²) in [6.45, 7) is 7.51. The maximum Gasteiger partial charge on any atom is 0.232 e. The van der Waals surface area contributed by atoms with Crippen LogP contribution in [-0.2, 0) is 9.59 Å². The number of hydrogen-bond donors (Lipinski definition) is 2. The van der Waals surface area contributed by atoms with Gasteiger partial charge in [0, 0.05) is 30.3 Å². The number of aliphatic imine (C=N–C) groups is 1. The predicted octanol–water partition coefficient (Wildman–Crippen LogP) is 3.64. The zero-order chi connectivity index (χ0) is 25.8. The number of nitrogens with one attached hydrogen (secondary N) is 1. The van der Waals surface area contributed by atoms with Gasteiger partial charge in [-0.1, -0.05) is 18.2 Å². The summed E-state index contributed by atoms with van der Waals surface area (Å²) >= 11 is 0. The van der Waals surface area contributed by atoms with Crippen LogP contribution >= 0.6 is 0 Å². The number of halogens is 1. The lowest BCUT2D eigenvalue weighted by Gasteiger charge is -2.38. The number of pyridine rings is 1. The Morgan fingerprint density at radius 2 is 2.03 bits per heavy atom. The molecule has 8 nitrogen and oxygen atoms in total. The highest BCUT2D eigenvalue weighted by molar-refractivity contribution is 5.99. The van der Waals surface area contributed by atoms with Crippen molar-refractivity contribution in [2.24, 2.45) is 22.6 Å². The summed E-state index contributed by atoms with van der Waals surface area (Å²) in [6.07, 6.45) is 4.71. The van der Waals surface area contributed by atoms with Crippen LogP contribution in [0.1, 0.15) is 70.2 Å². The largest absolute Gasteiger partial charge is 0.484 e. The van der Waals surface area contributed by atoms with Gasteiger partial charge in [-0.3, -0.25) is 19.5 Å². The van der Waals surface area contributed by atoms with Crippen molar-refractivity contribution in [2.45, 2.75) is 70.2 Å². The number of aromatic nitrogens is 1. The van der Waals surface area contributed by atoms with Crippen molar-refractivity contribution in [3.63, 3.8) is 0 Å². The number of rotatable bonds is 5. The molecule has 36 heavy (non-hydrogen) atoms. The molecule has 3 N–H and O–H groups in total. The summed E-state index contributed by atoms with van der Waals surface area (Å²) in [5, 5.41) is 3.13. The van der Waals surface area contributed by atoms with Gasteiger partial charge in [-0.25, -0.2) is 9.38 Å². The van der Waals surface area contributed by atoms with Gasteiger partial charge >= 0.3 is 0 Å². The van der Waals surface area contributed by atoms with Crippen molar-refractivity contribution in [3.05, 3.63) is 59.7 Å². The van der Waals surface area contributed by atoms with Crippen molar-refractivity contribution in [2.75, 3.05) is 0 Å². The quantitative estimate of drug-likeness (QED) is 0.661. The molecule has 1 aromatic heterocycles. The molecule has 4 atom stereocenters. The van der Waals surface area contributed by atoms with Gasteiger partial charge in [0.2, 0.25) is 11.8 Å². The minimum absolute atomic E-state index is 0.122. The van der Waals surface area contributed by atoms with E-state index in [-0.39, 0.29) is 47.8 Å². The first-order chi connectivity index (χ1) is 17.0. The molecule has 2 aliphatic heterocycles. The second-order valence-electron chi connectivity index (χ2n) is 11.2. The number of fused-ring (bicyclic) bond motifs is 1. The average molecular weight is 494 g/mol. The molecule has 0 radical (unpaired) electrons. The number of nitrogens with zero attached hydrogens (tertiary/aromatic N) is 3. The number of hydrogen-bond acceptors (Lipinski definition) is 6. The number of benzene rings is 1. The summed E-state index contributed by atoms with van der Waals surface area (Å²) in [7, 11) is 0. The minimum atomic E-state index is -0.633. The second-order valence-corrected chi connectivity index (χ2v) is 11.2. The van der Waals surface area contributed by atoms with E-state index in [4.69, 9.17) is 10.5 Å². The maximum atomic E-state index is 14.5. The molecule has 1 aromatic carbocycles. The van der Waals surface area contributed by atoms with Gasteiger partial charge in [-0.15, -0.1) is 0 Å². The van der Waals surface area contributed by atoms with Crippen molar-refractivity contribution in [3.8, 4) is 5.75 Å². The van der Waals surface area contributed by atoms with E-state index in [2.05, 4.69) is 15.3 Å². The molecule has 5 rings (SSSR count). The molecule has 2 aromatic rings. The Kier molecular flexibility index (Phi) is 5.76. The van der Waals surface area contributed by atoms with Crippen LogP contribution in [0.3, 0.4) is 0 Å². The van der Waals surface area contributed by atoms with Crippen molar-refractivity contribution in [1.29, 1.82) is 0 Å². The first-order valence-electron chi connectivity index (χ1n) is 12.3. The Bertz CT molecular complexity index is 1230. The van der Waals surface area contributed by atoms with Crippen LogP contribution in [0, 0.1) is 17.7 Å². The SMILES string of the molecule is CC1(C)CC(=O)N([C@H](c2cccnc2)[C@H]2C[C@@H]2C(=O)NC2CC(C)(C)Oc3c(F)cccc32)C(N)=N1. The second kappa shape index (κ2) is 8.57. The molecule has 9 heteroatoms. The lowest BCUT2D eigenvalue weighted by molar-refractivity contribution is -0.132. The fourth-order valence-electron chi connectivity index (χ4n) is 5.52. The molecule has 0 spiro atoms. The Morgan fingerprint density at radius 3 is 2.72 bits per heavy atom. The number of para-hydroxylation sites is 1. The van der Waals surface area contributed by atoms with Gasteiger partial charge in [-0.05, 0) is 57.7 Å². The van der Waals surface area contributed by atoms with E-state index in [1.54, 1.807) is 30.6 Å². The highest BCUT2D eigenvalue weighted by Gasteiger charge is 2.53. The third-order valence-electron chi connectivity index (χ3n) is 7.17. The van der Waals surface area contributed by atoms with Crippen LogP contribution in [0.15, 0.2) is 47.7 Å². The van der Waals surface area contributed by atoms with E-state index < -0.39 is 23.0 Å². The Balaban J connectivity index is 1.40. The van der Waals surface area contributed by atoms with Gasteiger partial charge < -0.3 is 15.8 Å². The number of ether oxygens (including phenoxy) is 1. The number of guanidine groups is 1. The van der Waals surface area contributed by atoms with Crippen LogP contribution in [-0.4, -0.2) is 38.8 Å². The molecular formula is C27H32FN5O3. The number of carbonyl (C=O) groups excluding carboxylic acids is 2. The fourth-order valence-corrected chi connectivity index (χ4v) is 5.52. The molecular weight excluding hydrogens is 461 g/mol. The van der Waals surface area contributed by atoms with Crippen LogP contribution in [0.2, 0.25) is 0 Å². The Hall–Kier alpha value is -3.49. The summed E-state index contributed by atoms with van der Waals surface area (Å²) in [6, 6.07) is 7.64. The fraction of sp³-hybridized carbons (Fsp3) is 0.481. The molecule has 0 bridgehead atoms. The highest BCUT2D eigenvalue weighted by Crippen LogP contribution is 2.51. The molecule has 2 amide bonds. The zero-order valence-electron chi connectivity index (χ0n) is 21.0. The predicted molar refractivity (Wildman–Crippen MR) is 132 cm³/mol. The van der Waals surface area contributed by atoms with Gasteiger partial charge in [0.05, 0.1) is 24.0 Å². The molecule has 1 unspecified atom stereocenters. The van der Waals surface area contributed by atoms with Gasteiger partial charge in [0.15, 0.2) is 17.5 Å². The molecule has 1 aliphatic carbocycles. The third-order valence-corrected chi connectivity index (χ3v) is 7.17. The molecule has 0 saturated heterocycles. The van der Waals surface area contributed by atoms with Gasteiger partial charge in [0.1, 0.15) is 5.60 Å². The number of amides is 2. The zero-order valence-corrected chi connectivity index (χ0v) is 21.0. The van der Waals surface area contributed by atoms with E-state index in [0.717, 1.165) is 5.56 Å². The average Bonchev–Trinajstić information content (AvgIpc) is 3.57. The summed E-state index contributed by atoms with van der Waals surface area (Å²) in [5.41, 5.74) is 6.54. The maximum absolute atomic E-state index is 14.5. The number of carbonyl (C=O) groups is 2. The van der Waals surface area contributed by atoms with E-state index in [0.29, 0.717) is 18.4 Å². The summed E-state index contributed by atoms with van der Waals surface area (Å²) < 4.78 is 20.4. The van der Waals surface area contributed by atoms with Gasteiger partial charge in [-0.2, -0.15) is 0 Å². The molecule has 1 saturated carbocycles. The monoisotopic (exact) mass is 493 g/mol. The van der Waals surface area contributed by atoms with E-state index >= 15 is 0 Å². The van der Waals surface area contributed by atoms with Crippen LogP contribution in [0.5, 0.6) is 5.75 Å². The van der Waals surface area contributed by atoms with Crippen molar-refractivity contribution < 1.29 is 18.7 Å². The van der Waals surface area contributed by atoms with E-state index in [1.165, 1.54) is 11.0 Å². The molecule has 1 fully saturated rings. The van der Waals surface area contributed by atoms with Crippen molar-refractivity contribution >= 4 is 17.8 Å². The summed E-state index contributed by atoms with van der Waals surface area (Å²) in [4.78, 5) is 37.0. The van der Waals surface area contributed by atoms with E-state index in [9.17, 15) is 14.0 Å². The van der Waals surface area contributed by atoms with Crippen LogP contribution < -0.4 is 15.8 Å². The third kappa shape index (κ3) is 4.54. The van der Waals surface area contributed by atoms with Gasteiger partial charge in [0.25, 0.3) is 0 Å². The minimum Gasteiger partial charge on any atom is -0.484 e. The number of nitrogens with two attached hydrogens (primary N) is 1. The topological polar surface area (TPSA) is 110 Å². The van der Waals surface area contributed by atoms with E-state index in [1.807, 2.05) is 33.8 Å². The normalized spacial score (nSPS) is 26.8. The first kappa shape index (κ1) is 24.2. The molecule has 3 aliphatic rings. The molecule has 190 valence electrons. The highest BCUT2D eigenvalue weighted by atomic mass is 19.1.